The fourth-order valence-corrected chi connectivity index (χ4v) is 5.65. The van der Waals surface area contributed by atoms with Gasteiger partial charge in [0.2, 0.25) is 0 Å². The smallest absolute Gasteiger partial charge is 0.148 e. The maximum atomic E-state index is 11.4. The van der Waals surface area contributed by atoms with Gasteiger partial charge in [-0.05, 0) is 64.7 Å². The maximum absolute atomic E-state index is 11.4. The van der Waals surface area contributed by atoms with Crippen LogP contribution in [0.4, 0.5) is 11.4 Å². The molecule has 41 heavy (non-hydrogen) atoms. The van der Waals surface area contributed by atoms with Crippen LogP contribution in [0.2, 0.25) is 0 Å². The Morgan fingerprint density at radius 2 is 1.63 bits per heavy atom. The second-order valence-electron chi connectivity index (χ2n) is 10.4. The van der Waals surface area contributed by atoms with Crippen LogP contribution in [0.25, 0.3) is 32.9 Å². The number of nitrogens with zero attached hydrogens (tertiary/aromatic N) is 2. The lowest BCUT2D eigenvalue weighted by atomic mass is 10.0. The van der Waals surface area contributed by atoms with Crippen molar-refractivity contribution in [2.24, 2.45) is 0 Å². The molecule has 0 radical (unpaired) electrons. The molecule has 0 fully saturated rings. The van der Waals surface area contributed by atoms with Crippen molar-refractivity contribution in [1.29, 1.82) is 0 Å². The van der Waals surface area contributed by atoms with Crippen LogP contribution in [0.15, 0.2) is 116 Å². The highest BCUT2D eigenvalue weighted by Crippen LogP contribution is 2.31. The summed E-state index contributed by atoms with van der Waals surface area (Å²) >= 11 is 0. The number of benzene rings is 4. The molecule has 2 N–H and O–H groups in total. The summed E-state index contributed by atoms with van der Waals surface area (Å²) in [6.07, 6.45) is 5.24. The fourth-order valence-electron chi connectivity index (χ4n) is 5.14. The monoisotopic (exact) mass is 560 g/mol. The Hall–Kier alpha value is -4.46. The van der Waals surface area contributed by atoms with Crippen LogP contribution in [0, 0.1) is 0 Å². The standard InChI is InChI=1S/C34H32N4O2S/c1-41(39,40)19-17-35-23-26-8-5-9-27(20-26)28-10-12-31-32(14-16-36-33(31)22-28)37-30-11-13-34-29(21-30)15-18-38(34)24-25-6-3-2-4-7-25/h2-16,18,20-22,35H,17,19,23-24H2,1H3,(H,36,37). The zero-order chi connectivity index (χ0) is 28.2. The molecule has 0 aliphatic rings. The first kappa shape index (κ1) is 26.7. The van der Waals surface area contributed by atoms with Gasteiger partial charge in [-0.25, -0.2) is 8.42 Å². The predicted octanol–water partition coefficient (Wildman–Crippen LogP) is 6.78. The van der Waals surface area contributed by atoms with Crippen LogP contribution >= 0.6 is 0 Å². The molecule has 0 unspecified atom stereocenters. The van der Waals surface area contributed by atoms with Crippen LogP contribution in [0.1, 0.15) is 11.1 Å². The van der Waals surface area contributed by atoms with Gasteiger partial charge in [0.25, 0.3) is 0 Å². The summed E-state index contributed by atoms with van der Waals surface area (Å²) in [6, 6.07) is 35.8. The lowest BCUT2D eigenvalue weighted by Gasteiger charge is -2.12. The normalized spacial score (nSPS) is 11.7. The van der Waals surface area contributed by atoms with E-state index in [4.69, 9.17) is 0 Å². The summed E-state index contributed by atoms with van der Waals surface area (Å²) in [5.74, 6) is 0.133. The van der Waals surface area contributed by atoms with Crippen molar-refractivity contribution in [1.82, 2.24) is 14.9 Å². The minimum Gasteiger partial charge on any atom is -0.355 e. The van der Waals surface area contributed by atoms with E-state index in [1.54, 1.807) is 0 Å². The van der Waals surface area contributed by atoms with Crippen molar-refractivity contribution in [2.75, 3.05) is 23.9 Å². The van der Waals surface area contributed by atoms with Gasteiger partial charge in [-0.15, -0.1) is 0 Å². The molecule has 7 heteroatoms. The molecule has 0 saturated carbocycles. The van der Waals surface area contributed by atoms with Crippen LogP contribution in [-0.2, 0) is 22.9 Å². The number of pyridine rings is 1. The van der Waals surface area contributed by atoms with Crippen molar-refractivity contribution in [3.8, 4) is 11.1 Å². The zero-order valence-corrected chi connectivity index (χ0v) is 23.7. The van der Waals surface area contributed by atoms with Gasteiger partial charge in [0, 0.05) is 65.9 Å². The molecule has 0 bridgehead atoms. The molecular formula is C34H32N4O2S. The largest absolute Gasteiger partial charge is 0.355 e. The quantitative estimate of drug-likeness (QED) is 0.181. The Morgan fingerprint density at radius 1 is 0.805 bits per heavy atom. The summed E-state index contributed by atoms with van der Waals surface area (Å²) in [4.78, 5) is 4.66. The Bertz CT molecular complexity index is 1930. The number of nitrogens with one attached hydrogen (secondary N) is 2. The lowest BCUT2D eigenvalue weighted by Crippen LogP contribution is -2.21. The molecule has 206 valence electrons. The van der Waals surface area contributed by atoms with Crippen molar-refractivity contribution in [3.63, 3.8) is 0 Å². The van der Waals surface area contributed by atoms with E-state index in [-0.39, 0.29) is 5.75 Å². The third-order valence-electron chi connectivity index (χ3n) is 7.23. The first-order valence-corrected chi connectivity index (χ1v) is 15.7. The molecule has 4 aromatic carbocycles. The molecular weight excluding hydrogens is 528 g/mol. The summed E-state index contributed by atoms with van der Waals surface area (Å²) < 4.78 is 25.0. The van der Waals surface area contributed by atoms with Gasteiger partial charge in [0.05, 0.1) is 11.3 Å². The average Bonchev–Trinajstić information content (AvgIpc) is 3.37. The van der Waals surface area contributed by atoms with Crippen molar-refractivity contribution in [3.05, 3.63) is 127 Å². The van der Waals surface area contributed by atoms with Gasteiger partial charge in [-0.3, -0.25) is 4.98 Å². The van der Waals surface area contributed by atoms with Gasteiger partial charge < -0.3 is 15.2 Å². The molecule has 2 heterocycles. The van der Waals surface area contributed by atoms with Crippen LogP contribution in [-0.4, -0.2) is 36.5 Å². The van der Waals surface area contributed by atoms with E-state index in [0.29, 0.717) is 13.1 Å². The maximum Gasteiger partial charge on any atom is 0.148 e. The van der Waals surface area contributed by atoms with E-state index in [1.165, 1.54) is 22.7 Å². The number of fused-ring (bicyclic) bond motifs is 2. The Kier molecular flexibility index (Phi) is 7.55. The lowest BCUT2D eigenvalue weighted by molar-refractivity contribution is 0.596. The van der Waals surface area contributed by atoms with Crippen molar-refractivity contribution in [2.45, 2.75) is 13.1 Å². The first-order chi connectivity index (χ1) is 19.9. The topological polar surface area (TPSA) is 76.0 Å². The summed E-state index contributed by atoms with van der Waals surface area (Å²) in [5, 5.41) is 9.07. The molecule has 0 spiro atoms. The summed E-state index contributed by atoms with van der Waals surface area (Å²) in [5.41, 5.74) is 8.73. The van der Waals surface area contributed by atoms with Crippen molar-refractivity contribution >= 4 is 43.0 Å². The van der Waals surface area contributed by atoms with Gasteiger partial charge in [0.15, 0.2) is 0 Å². The van der Waals surface area contributed by atoms with Crippen molar-refractivity contribution < 1.29 is 8.42 Å². The average molecular weight is 561 g/mol. The second-order valence-corrected chi connectivity index (χ2v) is 12.7. The first-order valence-electron chi connectivity index (χ1n) is 13.7. The molecule has 0 amide bonds. The molecule has 0 aliphatic carbocycles. The summed E-state index contributed by atoms with van der Waals surface area (Å²) in [7, 11) is -2.97. The molecule has 0 atom stereocenters. The summed E-state index contributed by atoms with van der Waals surface area (Å²) in [6.45, 7) is 1.89. The third kappa shape index (κ3) is 6.48. The predicted molar refractivity (Wildman–Crippen MR) is 169 cm³/mol. The number of anilines is 2. The molecule has 6 aromatic rings. The second kappa shape index (κ2) is 11.6. The highest BCUT2D eigenvalue weighted by Gasteiger charge is 2.08. The molecule has 6 nitrogen and oxygen atoms in total. The van der Waals surface area contributed by atoms with E-state index in [1.807, 2.05) is 30.5 Å². The minimum atomic E-state index is -2.97. The van der Waals surface area contributed by atoms with Crippen LogP contribution in [0.5, 0.6) is 0 Å². The number of aromatic nitrogens is 2. The Morgan fingerprint density at radius 3 is 2.49 bits per heavy atom. The fraction of sp³-hybridized carbons (Fsp3) is 0.147. The van der Waals surface area contributed by atoms with Gasteiger partial charge >= 0.3 is 0 Å². The molecule has 6 rings (SSSR count). The van der Waals surface area contributed by atoms with Gasteiger partial charge in [0.1, 0.15) is 9.84 Å². The molecule has 0 saturated heterocycles. The number of rotatable bonds is 10. The van der Waals surface area contributed by atoms with E-state index in [9.17, 15) is 8.42 Å². The minimum absolute atomic E-state index is 0.133. The SMILES string of the molecule is CS(=O)(=O)CCNCc1cccc(-c2ccc3c(Nc4ccc5c(ccn5Cc5ccccc5)c4)ccnc3c2)c1. The third-order valence-corrected chi connectivity index (χ3v) is 8.17. The number of sulfone groups is 1. The molecule has 2 aromatic heterocycles. The Balaban J connectivity index is 1.19. The van der Waals surface area contributed by atoms with E-state index in [2.05, 4.69) is 105 Å². The molecule has 0 aliphatic heterocycles. The van der Waals surface area contributed by atoms with Gasteiger partial charge in [-0.2, -0.15) is 0 Å². The highest BCUT2D eigenvalue weighted by molar-refractivity contribution is 7.90. The Labute approximate surface area is 240 Å². The zero-order valence-electron chi connectivity index (χ0n) is 22.9. The van der Waals surface area contributed by atoms with Crippen LogP contribution < -0.4 is 10.6 Å². The van der Waals surface area contributed by atoms with E-state index >= 15 is 0 Å². The highest BCUT2D eigenvalue weighted by atomic mass is 32.2. The van der Waals surface area contributed by atoms with Gasteiger partial charge in [-0.1, -0.05) is 60.7 Å². The number of hydrogen-bond acceptors (Lipinski definition) is 5. The van der Waals surface area contributed by atoms with E-state index in [0.717, 1.165) is 45.5 Å². The van der Waals surface area contributed by atoms with Crippen LogP contribution in [0.3, 0.4) is 0 Å². The number of hydrogen-bond donors (Lipinski definition) is 2. The van der Waals surface area contributed by atoms with E-state index < -0.39 is 9.84 Å².